The summed E-state index contributed by atoms with van der Waals surface area (Å²) in [5.74, 6) is 0.563. The van der Waals surface area contributed by atoms with E-state index in [2.05, 4.69) is 35.7 Å². The average molecular weight is 334 g/mol. The summed E-state index contributed by atoms with van der Waals surface area (Å²) in [6.45, 7) is 3.90. The zero-order valence-corrected chi connectivity index (χ0v) is 12.6. The summed E-state index contributed by atoms with van der Waals surface area (Å²) in [6, 6.07) is 5.92. The summed E-state index contributed by atoms with van der Waals surface area (Å²) >= 11 is 3.56. The molecule has 2 aromatic rings. The van der Waals surface area contributed by atoms with E-state index in [-0.39, 0.29) is 0 Å². The van der Waals surface area contributed by atoms with E-state index < -0.39 is 0 Å². The molecule has 5 nitrogen and oxygen atoms in total. The van der Waals surface area contributed by atoms with Crippen LogP contribution in [-0.2, 0) is 0 Å². The molecule has 1 aliphatic heterocycles. The number of piperazine rings is 1. The van der Waals surface area contributed by atoms with Crippen molar-refractivity contribution in [1.29, 1.82) is 0 Å². The number of pyridine rings is 2. The normalized spacial score (nSPS) is 15.4. The quantitative estimate of drug-likeness (QED) is 0.912. The average Bonchev–Trinajstić information content (AvgIpc) is 2.49. The van der Waals surface area contributed by atoms with Crippen LogP contribution in [0.2, 0.25) is 0 Å². The van der Waals surface area contributed by atoms with Gasteiger partial charge in [0.1, 0.15) is 5.82 Å². The molecule has 0 atom stereocenters. The Balaban J connectivity index is 1.68. The van der Waals surface area contributed by atoms with Crippen LogP contribution in [0.15, 0.2) is 41.3 Å². The lowest BCUT2D eigenvalue weighted by atomic mass is 10.2. The maximum absolute atomic E-state index is 5.62. The van der Waals surface area contributed by atoms with E-state index in [1.807, 2.05) is 36.8 Å². The monoisotopic (exact) mass is 333 g/mol. The van der Waals surface area contributed by atoms with Gasteiger partial charge in [-0.25, -0.2) is 4.98 Å². The molecule has 20 heavy (non-hydrogen) atoms. The Bertz CT molecular complexity index is 578. The number of nitrogen functional groups attached to an aromatic ring is 1. The van der Waals surface area contributed by atoms with Gasteiger partial charge in [0, 0.05) is 38.6 Å². The molecule has 0 spiro atoms. The zero-order chi connectivity index (χ0) is 13.9. The topological polar surface area (TPSA) is 58.3 Å². The van der Waals surface area contributed by atoms with Crippen molar-refractivity contribution in [2.45, 2.75) is 0 Å². The highest BCUT2D eigenvalue weighted by molar-refractivity contribution is 9.10. The van der Waals surface area contributed by atoms with Crippen LogP contribution in [0.5, 0.6) is 0 Å². The minimum Gasteiger partial charge on any atom is -0.384 e. The fourth-order valence-corrected chi connectivity index (χ4v) is 2.92. The van der Waals surface area contributed by atoms with E-state index in [1.54, 1.807) is 0 Å². The van der Waals surface area contributed by atoms with Gasteiger partial charge in [-0.15, -0.1) is 0 Å². The largest absolute Gasteiger partial charge is 0.384 e. The molecular formula is C14H16BrN5. The van der Waals surface area contributed by atoms with Gasteiger partial charge in [-0.3, -0.25) is 4.98 Å². The summed E-state index contributed by atoms with van der Waals surface area (Å²) in [6.07, 6.45) is 5.51. The third-order valence-corrected chi connectivity index (χ3v) is 4.12. The molecule has 2 aromatic heterocycles. The van der Waals surface area contributed by atoms with E-state index in [0.717, 1.165) is 36.3 Å². The van der Waals surface area contributed by atoms with E-state index in [1.165, 1.54) is 5.69 Å². The third kappa shape index (κ3) is 2.70. The number of nitrogens with two attached hydrogens (primary N) is 1. The van der Waals surface area contributed by atoms with Gasteiger partial charge in [0.2, 0.25) is 0 Å². The molecule has 6 heteroatoms. The van der Waals surface area contributed by atoms with E-state index in [9.17, 15) is 0 Å². The van der Waals surface area contributed by atoms with Gasteiger partial charge < -0.3 is 15.5 Å². The highest BCUT2D eigenvalue weighted by atomic mass is 79.9. The highest BCUT2D eigenvalue weighted by Crippen LogP contribution is 2.26. The number of halogens is 1. The number of anilines is 3. The Morgan fingerprint density at radius 2 is 1.75 bits per heavy atom. The van der Waals surface area contributed by atoms with Gasteiger partial charge >= 0.3 is 0 Å². The fourth-order valence-electron chi connectivity index (χ4n) is 2.41. The lowest BCUT2D eigenvalue weighted by Gasteiger charge is -2.37. The summed E-state index contributed by atoms with van der Waals surface area (Å²) < 4.78 is 1.04. The fraction of sp³-hybridized carbons (Fsp3) is 0.286. The summed E-state index contributed by atoms with van der Waals surface area (Å²) in [7, 11) is 0. The first-order valence-electron chi connectivity index (χ1n) is 6.55. The molecule has 1 aliphatic rings. The zero-order valence-electron chi connectivity index (χ0n) is 11.0. The van der Waals surface area contributed by atoms with Crippen molar-refractivity contribution in [2.75, 3.05) is 41.7 Å². The molecule has 0 aliphatic carbocycles. The Morgan fingerprint density at radius 3 is 2.40 bits per heavy atom. The first-order chi connectivity index (χ1) is 9.74. The van der Waals surface area contributed by atoms with Gasteiger partial charge in [-0.05, 0) is 34.1 Å². The Hall–Kier alpha value is -1.82. The van der Waals surface area contributed by atoms with Crippen molar-refractivity contribution >= 4 is 33.1 Å². The second-order valence-corrected chi connectivity index (χ2v) is 5.60. The Kier molecular flexibility index (Phi) is 3.73. The van der Waals surface area contributed by atoms with E-state index in [0.29, 0.717) is 5.82 Å². The summed E-state index contributed by atoms with van der Waals surface area (Å²) in [5, 5.41) is 0. The van der Waals surface area contributed by atoms with E-state index >= 15 is 0 Å². The van der Waals surface area contributed by atoms with Crippen LogP contribution in [0.3, 0.4) is 0 Å². The maximum Gasteiger partial charge on any atom is 0.123 e. The standard InChI is InChI=1S/C14H16BrN5/c15-12-10-17-4-3-13(12)20-7-5-19(6-8-20)11-1-2-14(16)18-9-11/h1-4,9-10H,5-8H2,(H2,16,18). The predicted octanol–water partition coefficient (Wildman–Crippen LogP) is 2.15. The highest BCUT2D eigenvalue weighted by Gasteiger charge is 2.19. The van der Waals surface area contributed by atoms with Crippen molar-refractivity contribution in [3.8, 4) is 0 Å². The lowest BCUT2D eigenvalue weighted by molar-refractivity contribution is 0.651. The molecule has 1 saturated heterocycles. The molecule has 2 N–H and O–H groups in total. The number of aromatic nitrogens is 2. The molecule has 0 bridgehead atoms. The van der Waals surface area contributed by atoms with Crippen LogP contribution >= 0.6 is 15.9 Å². The molecule has 0 unspecified atom stereocenters. The molecule has 0 aromatic carbocycles. The van der Waals surface area contributed by atoms with Crippen LogP contribution in [0.1, 0.15) is 0 Å². The first-order valence-corrected chi connectivity index (χ1v) is 7.34. The first kappa shape index (κ1) is 13.2. The lowest BCUT2D eigenvalue weighted by Crippen LogP contribution is -2.46. The van der Waals surface area contributed by atoms with Crippen LogP contribution in [0, 0.1) is 0 Å². The van der Waals surface area contributed by atoms with Crippen LogP contribution in [-0.4, -0.2) is 36.1 Å². The minimum absolute atomic E-state index is 0.563. The van der Waals surface area contributed by atoms with Gasteiger partial charge in [0.25, 0.3) is 0 Å². The molecule has 0 saturated carbocycles. The summed E-state index contributed by atoms with van der Waals surface area (Å²) in [4.78, 5) is 13.0. The third-order valence-electron chi connectivity index (χ3n) is 3.51. The van der Waals surface area contributed by atoms with Crippen molar-refractivity contribution < 1.29 is 0 Å². The van der Waals surface area contributed by atoms with Crippen molar-refractivity contribution in [3.05, 3.63) is 41.3 Å². The van der Waals surface area contributed by atoms with Gasteiger partial charge in [0.15, 0.2) is 0 Å². The number of hydrogen-bond donors (Lipinski definition) is 1. The van der Waals surface area contributed by atoms with Crippen molar-refractivity contribution in [1.82, 2.24) is 9.97 Å². The summed E-state index contributed by atoms with van der Waals surface area (Å²) in [5.41, 5.74) is 7.96. The van der Waals surface area contributed by atoms with Crippen LogP contribution in [0.25, 0.3) is 0 Å². The second kappa shape index (κ2) is 5.66. The molecule has 3 heterocycles. The Labute approximate surface area is 126 Å². The smallest absolute Gasteiger partial charge is 0.123 e. The molecule has 0 radical (unpaired) electrons. The molecule has 104 valence electrons. The molecular weight excluding hydrogens is 318 g/mol. The SMILES string of the molecule is Nc1ccc(N2CCN(c3ccncc3Br)CC2)cn1. The predicted molar refractivity (Wildman–Crippen MR) is 85.0 cm³/mol. The number of rotatable bonds is 2. The van der Waals surface area contributed by atoms with E-state index in [4.69, 9.17) is 5.73 Å². The molecule has 1 fully saturated rings. The van der Waals surface area contributed by atoms with Gasteiger partial charge in [0.05, 0.1) is 22.0 Å². The minimum atomic E-state index is 0.563. The van der Waals surface area contributed by atoms with Gasteiger partial charge in [-0.2, -0.15) is 0 Å². The van der Waals surface area contributed by atoms with Crippen molar-refractivity contribution in [3.63, 3.8) is 0 Å². The van der Waals surface area contributed by atoms with Crippen LogP contribution < -0.4 is 15.5 Å². The molecule has 3 rings (SSSR count). The van der Waals surface area contributed by atoms with Crippen molar-refractivity contribution in [2.24, 2.45) is 0 Å². The van der Waals surface area contributed by atoms with Crippen LogP contribution in [0.4, 0.5) is 17.2 Å². The maximum atomic E-state index is 5.62. The van der Waals surface area contributed by atoms with Gasteiger partial charge in [-0.1, -0.05) is 0 Å². The number of hydrogen-bond acceptors (Lipinski definition) is 5. The molecule has 0 amide bonds. The second-order valence-electron chi connectivity index (χ2n) is 4.74. The number of nitrogens with zero attached hydrogens (tertiary/aromatic N) is 4. The Morgan fingerprint density at radius 1 is 1.00 bits per heavy atom.